The third kappa shape index (κ3) is 3.88. The zero-order valence-corrected chi connectivity index (χ0v) is 15.0. The van der Waals surface area contributed by atoms with Crippen LogP contribution in [0.4, 0.5) is 11.6 Å². The van der Waals surface area contributed by atoms with Crippen molar-refractivity contribution in [3.05, 3.63) is 64.2 Å². The van der Waals surface area contributed by atoms with Crippen molar-refractivity contribution >= 4 is 28.9 Å². The summed E-state index contributed by atoms with van der Waals surface area (Å²) in [6, 6.07) is 14.5. The number of aromatic nitrogens is 2. The number of nitrogens with zero attached hydrogens (tertiary/aromatic N) is 5. The van der Waals surface area contributed by atoms with Crippen LogP contribution in [0.3, 0.4) is 0 Å². The van der Waals surface area contributed by atoms with Crippen LogP contribution in [0.25, 0.3) is 11.0 Å². The minimum Gasteiger partial charge on any atom is -0.307 e. The Hall–Kier alpha value is -3.06. The summed E-state index contributed by atoms with van der Waals surface area (Å²) in [6.07, 6.45) is 4.17. The molecule has 1 saturated heterocycles. The third-order valence-electron chi connectivity index (χ3n) is 4.88. The monoisotopic (exact) mass is 363 g/mol. The van der Waals surface area contributed by atoms with E-state index >= 15 is 0 Å². The Bertz CT molecular complexity index is 989. The number of aliphatic imine (C=N–C) groups is 1. The standard InChI is InChI=1S/C20H21N5O2/c26-25(27)17-7-5-6-16(14-17)15-21-20-22-18-8-1-2-9-19(18)24(20)13-12-23-10-3-4-11-23/h1-2,5-9,14-15H,3-4,10-13H2/b21-15+. The van der Waals surface area contributed by atoms with E-state index in [4.69, 9.17) is 0 Å². The molecule has 0 N–H and O–H groups in total. The van der Waals surface area contributed by atoms with Crippen LogP contribution in [-0.2, 0) is 6.54 Å². The first kappa shape index (κ1) is 17.4. The summed E-state index contributed by atoms with van der Waals surface area (Å²) in [6.45, 7) is 4.10. The van der Waals surface area contributed by atoms with E-state index in [1.807, 2.05) is 18.2 Å². The second kappa shape index (κ2) is 7.67. The summed E-state index contributed by atoms with van der Waals surface area (Å²) in [5.74, 6) is 0.627. The molecule has 0 atom stereocenters. The van der Waals surface area contributed by atoms with Crippen molar-refractivity contribution < 1.29 is 4.92 Å². The van der Waals surface area contributed by atoms with Crippen LogP contribution in [-0.4, -0.2) is 45.2 Å². The van der Waals surface area contributed by atoms with Crippen molar-refractivity contribution in [1.82, 2.24) is 14.5 Å². The molecule has 0 spiro atoms. The lowest BCUT2D eigenvalue weighted by molar-refractivity contribution is -0.384. The van der Waals surface area contributed by atoms with E-state index in [1.165, 1.54) is 25.0 Å². The highest BCUT2D eigenvalue weighted by molar-refractivity contribution is 5.84. The fraction of sp³-hybridized carbons (Fsp3) is 0.300. The largest absolute Gasteiger partial charge is 0.307 e. The van der Waals surface area contributed by atoms with Crippen LogP contribution in [0, 0.1) is 10.1 Å². The van der Waals surface area contributed by atoms with Crippen molar-refractivity contribution in [2.24, 2.45) is 4.99 Å². The zero-order chi connectivity index (χ0) is 18.6. The summed E-state index contributed by atoms with van der Waals surface area (Å²) in [5.41, 5.74) is 2.71. The van der Waals surface area contributed by atoms with Gasteiger partial charge in [-0.05, 0) is 43.6 Å². The van der Waals surface area contributed by atoms with Crippen molar-refractivity contribution in [2.45, 2.75) is 19.4 Å². The first-order chi connectivity index (χ1) is 13.2. The van der Waals surface area contributed by atoms with Crippen molar-refractivity contribution in [1.29, 1.82) is 0 Å². The first-order valence-corrected chi connectivity index (χ1v) is 9.17. The van der Waals surface area contributed by atoms with Gasteiger partial charge in [-0.2, -0.15) is 0 Å². The average molecular weight is 363 g/mol. The second-order valence-corrected chi connectivity index (χ2v) is 6.71. The molecule has 1 aliphatic rings. The maximum Gasteiger partial charge on any atom is 0.270 e. The number of para-hydroxylation sites is 2. The van der Waals surface area contributed by atoms with Crippen molar-refractivity contribution in [3.63, 3.8) is 0 Å². The van der Waals surface area contributed by atoms with E-state index in [-0.39, 0.29) is 5.69 Å². The van der Waals surface area contributed by atoms with E-state index < -0.39 is 4.92 Å². The molecule has 0 amide bonds. The van der Waals surface area contributed by atoms with Gasteiger partial charge in [-0.1, -0.05) is 24.3 Å². The maximum absolute atomic E-state index is 10.9. The molecule has 0 unspecified atom stereocenters. The second-order valence-electron chi connectivity index (χ2n) is 6.71. The van der Waals surface area contributed by atoms with Crippen molar-refractivity contribution in [2.75, 3.05) is 19.6 Å². The lowest BCUT2D eigenvalue weighted by Gasteiger charge is -2.15. The summed E-state index contributed by atoms with van der Waals surface area (Å²) in [5, 5.41) is 10.9. The van der Waals surface area contributed by atoms with Gasteiger partial charge in [0.1, 0.15) is 0 Å². The summed E-state index contributed by atoms with van der Waals surface area (Å²) < 4.78 is 2.13. The van der Waals surface area contributed by atoms with Gasteiger partial charge in [0.05, 0.1) is 16.0 Å². The molecule has 1 fully saturated rings. The van der Waals surface area contributed by atoms with E-state index in [0.717, 1.165) is 37.2 Å². The van der Waals surface area contributed by atoms with Gasteiger partial charge < -0.3 is 9.47 Å². The highest BCUT2D eigenvalue weighted by Gasteiger charge is 2.14. The maximum atomic E-state index is 10.9. The fourth-order valence-electron chi connectivity index (χ4n) is 3.48. The van der Waals surface area contributed by atoms with Gasteiger partial charge in [0.15, 0.2) is 0 Å². The Kier molecular flexibility index (Phi) is 4.93. The average Bonchev–Trinajstić information content (AvgIpc) is 3.32. The van der Waals surface area contributed by atoms with Gasteiger partial charge in [-0.3, -0.25) is 10.1 Å². The summed E-state index contributed by atoms with van der Waals surface area (Å²) in [4.78, 5) is 22.2. The SMILES string of the molecule is O=[N+]([O-])c1cccc(/C=N/c2nc3ccccc3n2CCN2CCCC2)c1. The number of non-ortho nitro benzene ring substituents is 1. The molecule has 7 nitrogen and oxygen atoms in total. The molecule has 27 heavy (non-hydrogen) atoms. The van der Waals surface area contributed by atoms with Crippen LogP contribution in [0.2, 0.25) is 0 Å². The molecule has 0 bridgehead atoms. The molecule has 0 aliphatic carbocycles. The van der Waals surface area contributed by atoms with E-state index in [1.54, 1.807) is 18.3 Å². The quantitative estimate of drug-likeness (QED) is 0.379. The Morgan fingerprint density at radius 1 is 1.11 bits per heavy atom. The van der Waals surface area contributed by atoms with E-state index in [0.29, 0.717) is 11.5 Å². The molecule has 138 valence electrons. The summed E-state index contributed by atoms with van der Waals surface area (Å²) >= 11 is 0. The normalized spacial score (nSPS) is 15.1. The highest BCUT2D eigenvalue weighted by atomic mass is 16.6. The molecule has 2 aromatic carbocycles. The molecular weight excluding hydrogens is 342 g/mol. The first-order valence-electron chi connectivity index (χ1n) is 9.17. The minimum atomic E-state index is -0.400. The Labute approximate surface area is 157 Å². The van der Waals surface area contributed by atoms with Crippen LogP contribution in [0.1, 0.15) is 18.4 Å². The van der Waals surface area contributed by atoms with Gasteiger partial charge >= 0.3 is 0 Å². The number of nitro groups is 1. The number of likely N-dealkylation sites (tertiary alicyclic amines) is 1. The number of benzene rings is 2. The molecule has 1 aromatic heterocycles. The number of hydrogen-bond donors (Lipinski definition) is 0. The van der Waals surface area contributed by atoms with Gasteiger partial charge in [-0.25, -0.2) is 9.98 Å². The number of imidazole rings is 1. The lowest BCUT2D eigenvalue weighted by Crippen LogP contribution is -2.24. The Morgan fingerprint density at radius 3 is 2.74 bits per heavy atom. The van der Waals surface area contributed by atoms with Crippen LogP contribution >= 0.6 is 0 Å². The molecule has 2 heterocycles. The number of hydrogen-bond acceptors (Lipinski definition) is 5. The summed E-state index contributed by atoms with van der Waals surface area (Å²) in [7, 11) is 0. The predicted molar refractivity (Wildman–Crippen MR) is 106 cm³/mol. The van der Waals surface area contributed by atoms with E-state index in [9.17, 15) is 10.1 Å². The van der Waals surface area contributed by atoms with E-state index in [2.05, 4.69) is 25.5 Å². The molecule has 3 aromatic rings. The molecular formula is C20H21N5O2. The highest BCUT2D eigenvalue weighted by Crippen LogP contribution is 2.22. The molecule has 4 rings (SSSR count). The molecule has 0 radical (unpaired) electrons. The number of fused-ring (bicyclic) bond motifs is 1. The fourth-order valence-corrected chi connectivity index (χ4v) is 3.48. The third-order valence-corrected chi connectivity index (χ3v) is 4.88. The number of rotatable bonds is 6. The number of nitro benzene ring substituents is 1. The topological polar surface area (TPSA) is 76.6 Å². The molecule has 7 heteroatoms. The Morgan fingerprint density at radius 2 is 1.93 bits per heavy atom. The predicted octanol–water partition coefficient (Wildman–Crippen LogP) is 3.79. The molecule has 0 saturated carbocycles. The van der Waals surface area contributed by atoms with Crippen molar-refractivity contribution in [3.8, 4) is 0 Å². The van der Waals surface area contributed by atoms with Crippen LogP contribution in [0.15, 0.2) is 53.5 Å². The lowest BCUT2D eigenvalue weighted by atomic mass is 10.2. The minimum absolute atomic E-state index is 0.0569. The zero-order valence-electron chi connectivity index (χ0n) is 15.0. The Balaban J connectivity index is 1.62. The smallest absolute Gasteiger partial charge is 0.270 e. The van der Waals surface area contributed by atoms with Gasteiger partial charge in [0.25, 0.3) is 5.69 Å². The van der Waals surface area contributed by atoms with Gasteiger partial charge in [-0.15, -0.1) is 0 Å². The van der Waals surface area contributed by atoms with Crippen LogP contribution < -0.4 is 0 Å². The van der Waals surface area contributed by atoms with Crippen LogP contribution in [0.5, 0.6) is 0 Å². The van der Waals surface area contributed by atoms with Gasteiger partial charge in [0.2, 0.25) is 5.95 Å². The van der Waals surface area contributed by atoms with Gasteiger partial charge in [0, 0.05) is 31.4 Å². The molecule has 1 aliphatic heterocycles.